The summed E-state index contributed by atoms with van der Waals surface area (Å²) >= 11 is -1.62. The second-order valence-corrected chi connectivity index (χ2v) is 11.0. The van der Waals surface area contributed by atoms with Gasteiger partial charge in [0.1, 0.15) is 4.90 Å². The predicted molar refractivity (Wildman–Crippen MR) is 133 cm³/mol. The molecule has 6 heteroatoms. The van der Waals surface area contributed by atoms with Crippen molar-refractivity contribution in [3.8, 4) is 0 Å². The molecule has 0 saturated carbocycles. The van der Waals surface area contributed by atoms with Crippen molar-refractivity contribution in [1.29, 1.82) is 0 Å². The minimum absolute atomic E-state index is 0.190. The standard InChI is InChI=1S/C24H39IO4S/c1-2-3-4-5-6-7-8-9-10-11-12-13-14-15-16-17-18-22-19-20-23(25-26)24(21-22)30(27,28)29/h11-12,19-21H,2-10,13-18H2,1H3,(H,27,28,29). The maximum Gasteiger partial charge on any atom is 0.295 e. The van der Waals surface area contributed by atoms with E-state index in [4.69, 9.17) is 0 Å². The molecule has 4 nitrogen and oxygen atoms in total. The van der Waals surface area contributed by atoms with Crippen LogP contribution in [0.4, 0.5) is 0 Å². The maximum atomic E-state index is 11.4. The zero-order valence-corrected chi connectivity index (χ0v) is 21.4. The van der Waals surface area contributed by atoms with Gasteiger partial charge >= 0.3 is 0 Å². The third-order valence-electron chi connectivity index (χ3n) is 5.33. The molecule has 0 aliphatic heterocycles. The average molecular weight is 551 g/mol. The van der Waals surface area contributed by atoms with Gasteiger partial charge in [-0.2, -0.15) is 8.42 Å². The van der Waals surface area contributed by atoms with E-state index in [1.807, 2.05) is 6.07 Å². The smallest absolute Gasteiger partial charge is 0.282 e. The molecule has 0 spiro atoms. The Balaban J connectivity index is 2.06. The van der Waals surface area contributed by atoms with Gasteiger partial charge in [0.2, 0.25) is 0 Å². The van der Waals surface area contributed by atoms with Crippen molar-refractivity contribution in [3.05, 3.63) is 39.5 Å². The fourth-order valence-electron chi connectivity index (χ4n) is 3.54. The van der Waals surface area contributed by atoms with Gasteiger partial charge in [0.25, 0.3) is 10.1 Å². The van der Waals surface area contributed by atoms with Crippen molar-refractivity contribution in [2.45, 2.75) is 108 Å². The Labute approximate surface area is 194 Å². The summed E-state index contributed by atoms with van der Waals surface area (Å²) in [5.74, 6) is 0. The lowest BCUT2D eigenvalue weighted by Crippen LogP contribution is -2.02. The van der Waals surface area contributed by atoms with Gasteiger partial charge in [0.15, 0.2) is 21.2 Å². The fourth-order valence-corrected chi connectivity index (χ4v) is 5.90. The first kappa shape index (κ1) is 27.4. The van der Waals surface area contributed by atoms with E-state index in [0.29, 0.717) is 0 Å². The second kappa shape index (κ2) is 17.0. The van der Waals surface area contributed by atoms with E-state index in [-0.39, 0.29) is 8.47 Å². The van der Waals surface area contributed by atoms with Crippen LogP contribution >= 0.6 is 21.2 Å². The molecule has 0 unspecified atom stereocenters. The summed E-state index contributed by atoms with van der Waals surface area (Å²) in [5.41, 5.74) is 0.870. The Morgan fingerprint density at radius 3 is 1.90 bits per heavy atom. The number of hydrogen-bond acceptors (Lipinski definition) is 3. The summed E-state index contributed by atoms with van der Waals surface area (Å²) in [6.07, 6.45) is 23.1. The Morgan fingerprint density at radius 2 is 1.37 bits per heavy atom. The van der Waals surface area contributed by atoms with E-state index in [0.717, 1.165) is 37.7 Å². The second-order valence-electron chi connectivity index (χ2n) is 8.00. The number of allylic oxidation sites excluding steroid dienone is 2. The Hall–Kier alpha value is -0.600. The normalized spacial score (nSPS) is 12.1. The molecule has 0 fully saturated rings. The molecule has 1 aromatic rings. The molecule has 0 radical (unpaired) electrons. The van der Waals surface area contributed by atoms with E-state index in [1.165, 1.54) is 70.3 Å². The van der Waals surface area contributed by atoms with E-state index < -0.39 is 31.3 Å². The molecule has 0 heterocycles. The molecule has 1 rings (SSSR count). The zero-order valence-electron chi connectivity index (χ0n) is 18.5. The van der Waals surface area contributed by atoms with Gasteiger partial charge in [-0.1, -0.05) is 82.9 Å². The first-order valence-corrected chi connectivity index (χ1v) is 14.9. The van der Waals surface area contributed by atoms with Crippen LogP contribution in [0.25, 0.3) is 0 Å². The third-order valence-corrected chi connectivity index (χ3v) is 8.01. The van der Waals surface area contributed by atoms with Crippen LogP contribution in [-0.4, -0.2) is 13.0 Å². The number of hydrogen-bond donors (Lipinski definition) is 1. The van der Waals surface area contributed by atoms with Gasteiger partial charge in [-0.05, 0) is 56.2 Å². The molecule has 0 atom stereocenters. The van der Waals surface area contributed by atoms with Crippen LogP contribution in [0.1, 0.15) is 102 Å². The lowest BCUT2D eigenvalue weighted by molar-refractivity contribution is 0.482. The first-order chi connectivity index (χ1) is 14.5. The van der Waals surface area contributed by atoms with Crippen molar-refractivity contribution in [3.63, 3.8) is 0 Å². The summed E-state index contributed by atoms with van der Waals surface area (Å²) in [5, 5.41) is 0. The van der Waals surface area contributed by atoms with Crippen LogP contribution in [0.15, 0.2) is 35.2 Å². The van der Waals surface area contributed by atoms with Gasteiger partial charge < -0.3 is 0 Å². The summed E-state index contributed by atoms with van der Waals surface area (Å²) in [7, 11) is -4.31. The molecule has 0 amide bonds. The summed E-state index contributed by atoms with van der Waals surface area (Å²) in [4.78, 5) is -0.190. The van der Waals surface area contributed by atoms with Gasteiger partial charge in [-0.3, -0.25) is 7.62 Å². The molecule has 0 saturated heterocycles. The van der Waals surface area contributed by atoms with Crippen molar-refractivity contribution in [1.82, 2.24) is 0 Å². The highest BCUT2D eigenvalue weighted by atomic mass is 127. The monoisotopic (exact) mass is 550 g/mol. The highest BCUT2D eigenvalue weighted by molar-refractivity contribution is 14.1. The molecule has 0 bridgehead atoms. The SMILES string of the molecule is CCCCCCCCCCC=CCCCCCCc1ccc(I=O)c(S(=O)(=O)O)c1. The summed E-state index contributed by atoms with van der Waals surface area (Å²) in [6.45, 7) is 2.26. The predicted octanol–water partition coefficient (Wildman–Crippen LogP) is 8.00. The molecule has 1 N–H and O–H groups in total. The summed E-state index contributed by atoms with van der Waals surface area (Å²) < 4.78 is 43.5. The van der Waals surface area contributed by atoms with Gasteiger partial charge in [0, 0.05) is 0 Å². The van der Waals surface area contributed by atoms with Crippen LogP contribution in [0.3, 0.4) is 0 Å². The summed E-state index contributed by atoms with van der Waals surface area (Å²) in [6, 6.07) is 4.85. The lowest BCUT2D eigenvalue weighted by atomic mass is 10.1. The van der Waals surface area contributed by atoms with E-state index in [9.17, 15) is 16.0 Å². The number of unbranched alkanes of at least 4 members (excludes halogenated alkanes) is 12. The fraction of sp³-hybridized carbons (Fsp3) is 0.667. The minimum atomic E-state index is -4.31. The van der Waals surface area contributed by atoms with Gasteiger partial charge in [0.05, 0.1) is 3.57 Å². The van der Waals surface area contributed by atoms with Crippen molar-refractivity contribution in [2.24, 2.45) is 0 Å². The Morgan fingerprint density at radius 1 is 0.833 bits per heavy atom. The molecule has 0 aliphatic rings. The van der Waals surface area contributed by atoms with Crippen molar-refractivity contribution >= 4 is 31.3 Å². The average Bonchev–Trinajstić information content (AvgIpc) is 2.72. The third kappa shape index (κ3) is 13.0. The number of benzene rings is 1. The highest BCUT2D eigenvalue weighted by Gasteiger charge is 2.16. The largest absolute Gasteiger partial charge is 0.295 e. The molecule has 1 aromatic carbocycles. The van der Waals surface area contributed by atoms with Crippen LogP contribution in [0.2, 0.25) is 0 Å². The molecule has 0 aliphatic carbocycles. The topological polar surface area (TPSA) is 71.4 Å². The van der Waals surface area contributed by atoms with Crippen LogP contribution in [0, 0.1) is 3.57 Å². The highest BCUT2D eigenvalue weighted by Crippen LogP contribution is 2.23. The first-order valence-electron chi connectivity index (χ1n) is 11.5. The van der Waals surface area contributed by atoms with E-state index in [1.54, 1.807) is 6.07 Å². The number of halogens is 1. The van der Waals surface area contributed by atoms with Crippen molar-refractivity contribution in [2.75, 3.05) is 0 Å². The molecule has 172 valence electrons. The van der Waals surface area contributed by atoms with Gasteiger partial charge in [-0.15, -0.1) is 0 Å². The lowest BCUT2D eigenvalue weighted by Gasteiger charge is -2.05. The molecular weight excluding hydrogens is 511 g/mol. The Bertz CT molecular complexity index is 729. The molecular formula is C24H39IO4S. The number of rotatable bonds is 18. The van der Waals surface area contributed by atoms with Crippen LogP contribution in [-0.2, 0) is 19.6 Å². The Kier molecular flexibility index (Phi) is 15.6. The zero-order chi connectivity index (χ0) is 22.1. The molecule has 0 aromatic heterocycles. The quantitative estimate of drug-likeness (QED) is 0.0870. The van der Waals surface area contributed by atoms with Crippen molar-refractivity contribution < 1.29 is 16.0 Å². The van der Waals surface area contributed by atoms with Crippen LogP contribution < -0.4 is 0 Å². The van der Waals surface area contributed by atoms with Crippen LogP contribution in [0.5, 0.6) is 0 Å². The minimum Gasteiger partial charge on any atom is -0.282 e. The van der Waals surface area contributed by atoms with E-state index in [2.05, 4.69) is 19.1 Å². The maximum absolute atomic E-state index is 11.4. The van der Waals surface area contributed by atoms with E-state index >= 15 is 0 Å². The molecule has 30 heavy (non-hydrogen) atoms. The van der Waals surface area contributed by atoms with Gasteiger partial charge in [-0.25, -0.2) is 0 Å². The number of aryl methyl sites for hydroxylation is 1.